The Bertz CT molecular complexity index is 484. The first-order valence-corrected chi connectivity index (χ1v) is 6.89. The molecule has 22 heavy (non-hydrogen) atoms. The van der Waals surface area contributed by atoms with E-state index in [0.717, 1.165) is 0 Å². The van der Waals surface area contributed by atoms with E-state index in [-0.39, 0.29) is 6.42 Å². The van der Waals surface area contributed by atoms with Gasteiger partial charge in [-0.05, 0) is 5.57 Å². The molecule has 5 N–H and O–H groups in total. The summed E-state index contributed by atoms with van der Waals surface area (Å²) in [6, 6.07) is 1.86. The molecule has 2 aliphatic rings. The van der Waals surface area contributed by atoms with Gasteiger partial charge < -0.3 is 35.0 Å². The highest BCUT2D eigenvalue weighted by Crippen LogP contribution is 2.28. The first-order valence-electron chi connectivity index (χ1n) is 6.89. The van der Waals surface area contributed by atoms with E-state index in [0.29, 0.717) is 5.57 Å². The summed E-state index contributed by atoms with van der Waals surface area (Å²) in [5, 5.41) is 56.9. The molecule has 1 fully saturated rings. The maximum atomic E-state index is 9.93. The minimum absolute atomic E-state index is 0.152. The molecule has 2 rings (SSSR count). The number of aliphatic hydroxyl groups is 5. The van der Waals surface area contributed by atoms with E-state index >= 15 is 0 Å². The quantitative estimate of drug-likeness (QED) is 0.374. The van der Waals surface area contributed by atoms with Crippen LogP contribution in [0.1, 0.15) is 6.42 Å². The topological polar surface area (TPSA) is 143 Å². The lowest BCUT2D eigenvalue weighted by Crippen LogP contribution is -2.59. The van der Waals surface area contributed by atoms with Gasteiger partial charge in [0.1, 0.15) is 24.4 Å². The smallest absolute Gasteiger partial charge is 0.187 e. The van der Waals surface area contributed by atoms with Gasteiger partial charge >= 0.3 is 0 Å². The van der Waals surface area contributed by atoms with E-state index in [9.17, 15) is 20.4 Å². The first-order chi connectivity index (χ1) is 10.5. The molecule has 1 aliphatic carbocycles. The van der Waals surface area contributed by atoms with Gasteiger partial charge in [0, 0.05) is 12.5 Å². The number of allylic oxidation sites excluding steroid dienone is 1. The van der Waals surface area contributed by atoms with Crippen LogP contribution < -0.4 is 0 Å². The van der Waals surface area contributed by atoms with Crippen LogP contribution in [0.5, 0.6) is 0 Å². The second-order valence-corrected chi connectivity index (χ2v) is 5.26. The molecule has 0 aromatic heterocycles. The van der Waals surface area contributed by atoms with Crippen molar-refractivity contribution in [2.75, 3.05) is 6.61 Å². The number of aliphatic hydroxyl groups excluding tert-OH is 5. The number of nitriles is 1. The average molecular weight is 313 g/mol. The standard InChI is InChI=1S/C14H19NO7/c15-4-3-7-1-2-8(17)5-9(7)21-14-13(20)12(19)11(18)10(6-16)22-14/h1-3,8-14,16-20H,5-6H2. The van der Waals surface area contributed by atoms with E-state index in [4.69, 9.17) is 19.8 Å². The molecule has 1 saturated heterocycles. The maximum Gasteiger partial charge on any atom is 0.187 e. The highest BCUT2D eigenvalue weighted by atomic mass is 16.7. The lowest BCUT2D eigenvalue weighted by molar-refractivity contribution is -0.309. The van der Waals surface area contributed by atoms with E-state index < -0.39 is 49.5 Å². The number of hydrogen-bond acceptors (Lipinski definition) is 8. The summed E-state index contributed by atoms with van der Waals surface area (Å²) in [6.07, 6.45) is -3.96. The number of rotatable bonds is 3. The van der Waals surface area contributed by atoms with Crippen LogP contribution >= 0.6 is 0 Å². The van der Waals surface area contributed by atoms with E-state index in [1.165, 1.54) is 18.2 Å². The van der Waals surface area contributed by atoms with Crippen LogP contribution in [0.25, 0.3) is 0 Å². The van der Waals surface area contributed by atoms with Crippen LogP contribution in [-0.4, -0.2) is 75.1 Å². The summed E-state index contributed by atoms with van der Waals surface area (Å²) in [4.78, 5) is 0. The third-order valence-corrected chi connectivity index (χ3v) is 3.72. The lowest BCUT2D eigenvalue weighted by Gasteiger charge is -2.41. The Labute approximate surface area is 127 Å². The monoisotopic (exact) mass is 313 g/mol. The van der Waals surface area contributed by atoms with Crippen molar-refractivity contribution >= 4 is 0 Å². The minimum Gasteiger partial charge on any atom is -0.394 e. The van der Waals surface area contributed by atoms with Crippen LogP contribution in [-0.2, 0) is 9.47 Å². The van der Waals surface area contributed by atoms with Gasteiger partial charge in [0.25, 0.3) is 0 Å². The second-order valence-electron chi connectivity index (χ2n) is 5.26. The van der Waals surface area contributed by atoms with E-state index in [1.807, 2.05) is 6.07 Å². The highest BCUT2D eigenvalue weighted by Gasteiger charge is 2.45. The van der Waals surface area contributed by atoms with Crippen molar-refractivity contribution in [3.63, 3.8) is 0 Å². The molecule has 0 aromatic rings. The summed E-state index contributed by atoms with van der Waals surface area (Å²) < 4.78 is 10.8. The Kier molecular flexibility index (Phi) is 5.66. The van der Waals surface area contributed by atoms with Gasteiger partial charge in [-0.25, -0.2) is 0 Å². The molecule has 7 unspecified atom stereocenters. The third-order valence-electron chi connectivity index (χ3n) is 3.72. The van der Waals surface area contributed by atoms with Gasteiger partial charge in [-0.15, -0.1) is 0 Å². The summed E-state index contributed by atoms with van der Waals surface area (Å²) in [7, 11) is 0. The summed E-state index contributed by atoms with van der Waals surface area (Å²) >= 11 is 0. The van der Waals surface area contributed by atoms with E-state index in [2.05, 4.69) is 0 Å². The average Bonchev–Trinajstić information content (AvgIpc) is 2.50. The Hall–Kier alpha value is -1.31. The Morgan fingerprint density at radius 2 is 2.00 bits per heavy atom. The normalized spacial score (nSPS) is 44.0. The minimum atomic E-state index is -1.54. The fourth-order valence-electron chi connectivity index (χ4n) is 2.45. The Morgan fingerprint density at radius 1 is 1.27 bits per heavy atom. The molecule has 0 saturated carbocycles. The van der Waals surface area contributed by atoms with Crippen molar-refractivity contribution in [1.82, 2.24) is 0 Å². The number of hydrogen-bond donors (Lipinski definition) is 5. The van der Waals surface area contributed by atoms with Gasteiger partial charge in [0.05, 0.1) is 24.9 Å². The van der Waals surface area contributed by atoms with Crippen molar-refractivity contribution in [3.05, 3.63) is 23.8 Å². The number of nitrogens with zero attached hydrogens (tertiary/aromatic N) is 1. The molecule has 0 amide bonds. The van der Waals surface area contributed by atoms with Crippen molar-refractivity contribution < 1.29 is 35.0 Å². The molecule has 122 valence electrons. The zero-order chi connectivity index (χ0) is 16.3. The van der Waals surface area contributed by atoms with Gasteiger partial charge in [0.2, 0.25) is 0 Å². The fraction of sp³-hybridized carbons (Fsp3) is 0.643. The highest BCUT2D eigenvalue weighted by molar-refractivity contribution is 5.32. The van der Waals surface area contributed by atoms with Crippen LogP contribution in [0, 0.1) is 11.3 Å². The molecule has 0 radical (unpaired) electrons. The number of ether oxygens (including phenoxy) is 2. The molecular formula is C14H19NO7. The summed E-state index contributed by atoms with van der Waals surface area (Å²) in [5.74, 6) is 0. The van der Waals surface area contributed by atoms with Gasteiger partial charge in [-0.3, -0.25) is 0 Å². The largest absolute Gasteiger partial charge is 0.394 e. The molecule has 7 atom stereocenters. The Balaban J connectivity index is 2.12. The predicted molar refractivity (Wildman–Crippen MR) is 72.1 cm³/mol. The molecule has 1 heterocycles. The second kappa shape index (κ2) is 7.30. The van der Waals surface area contributed by atoms with Gasteiger partial charge in [-0.1, -0.05) is 12.2 Å². The van der Waals surface area contributed by atoms with Gasteiger partial charge in [-0.2, -0.15) is 5.26 Å². The van der Waals surface area contributed by atoms with Crippen LogP contribution in [0.2, 0.25) is 0 Å². The molecule has 0 bridgehead atoms. The van der Waals surface area contributed by atoms with Crippen molar-refractivity contribution in [2.24, 2.45) is 0 Å². The summed E-state index contributed by atoms with van der Waals surface area (Å²) in [6.45, 7) is -0.557. The lowest BCUT2D eigenvalue weighted by atomic mass is 9.95. The zero-order valence-corrected chi connectivity index (χ0v) is 11.7. The predicted octanol–water partition coefficient (Wildman–Crippen LogP) is -2.06. The van der Waals surface area contributed by atoms with Gasteiger partial charge in [0.15, 0.2) is 6.29 Å². The zero-order valence-electron chi connectivity index (χ0n) is 11.7. The van der Waals surface area contributed by atoms with Crippen molar-refractivity contribution in [1.29, 1.82) is 5.26 Å². The van der Waals surface area contributed by atoms with Crippen LogP contribution in [0.15, 0.2) is 23.8 Å². The Morgan fingerprint density at radius 3 is 2.64 bits per heavy atom. The molecule has 0 spiro atoms. The molecule has 1 aliphatic heterocycles. The van der Waals surface area contributed by atoms with Crippen molar-refractivity contribution in [3.8, 4) is 6.07 Å². The van der Waals surface area contributed by atoms with E-state index in [1.54, 1.807) is 0 Å². The first kappa shape index (κ1) is 17.1. The van der Waals surface area contributed by atoms with Crippen LogP contribution in [0.3, 0.4) is 0 Å². The molecule has 0 aromatic carbocycles. The summed E-state index contributed by atoms with van der Waals surface area (Å²) in [5.41, 5.74) is 0.491. The van der Waals surface area contributed by atoms with Crippen LogP contribution in [0.4, 0.5) is 0 Å². The fourth-order valence-corrected chi connectivity index (χ4v) is 2.45. The van der Waals surface area contributed by atoms with Crippen molar-refractivity contribution in [2.45, 2.75) is 49.3 Å². The molecule has 8 nitrogen and oxygen atoms in total. The third kappa shape index (κ3) is 3.53. The molecule has 8 heteroatoms. The molecular weight excluding hydrogens is 294 g/mol. The SMILES string of the molecule is N#CC=C1C=CC(O)CC1OC1OC(CO)C(O)C(O)C1O. The maximum absolute atomic E-state index is 9.93.